The summed E-state index contributed by atoms with van der Waals surface area (Å²) in [6.07, 6.45) is 0. The molecular formula is C24H22N8. The molecule has 0 aliphatic heterocycles. The van der Waals surface area contributed by atoms with E-state index < -0.39 is 0 Å². The highest BCUT2D eigenvalue weighted by atomic mass is 15.4. The molecule has 0 bridgehead atoms. The highest BCUT2D eigenvalue weighted by molar-refractivity contribution is 5.78. The third kappa shape index (κ3) is 5.25. The van der Waals surface area contributed by atoms with Gasteiger partial charge in [-0.05, 0) is 59.7 Å². The Bertz CT molecular complexity index is 1140. The van der Waals surface area contributed by atoms with Gasteiger partial charge in [0.25, 0.3) is 0 Å². The highest BCUT2D eigenvalue weighted by Crippen LogP contribution is 2.33. The number of benzene rings is 4. The van der Waals surface area contributed by atoms with Gasteiger partial charge in [-0.1, -0.05) is 59.0 Å². The lowest BCUT2D eigenvalue weighted by Crippen LogP contribution is -1.91. The van der Waals surface area contributed by atoms with Gasteiger partial charge in [-0.25, -0.2) is 0 Å². The summed E-state index contributed by atoms with van der Waals surface area (Å²) in [5.74, 6) is 0. The molecule has 0 aromatic heterocycles. The molecule has 4 aromatic rings. The molecule has 0 aliphatic rings. The average molecular weight is 422 g/mol. The number of nitrogens with one attached hydrogen (secondary N) is 2. The Morgan fingerprint density at radius 2 is 0.906 bits per heavy atom. The van der Waals surface area contributed by atoms with Gasteiger partial charge in [0.1, 0.15) is 11.4 Å². The fourth-order valence-electron chi connectivity index (χ4n) is 2.95. The maximum Gasteiger partial charge on any atom is 0.110 e. The number of nitrogens with zero attached hydrogens (tertiary/aromatic N) is 4. The van der Waals surface area contributed by atoms with Crippen LogP contribution in [0.25, 0.3) is 11.1 Å². The number of nitrogen functional groups attached to an aromatic ring is 2. The molecule has 8 nitrogen and oxygen atoms in total. The number of hydrogen-bond acceptors (Lipinski definition) is 6. The summed E-state index contributed by atoms with van der Waals surface area (Å²) in [6.45, 7) is 0. The Labute approximate surface area is 185 Å². The zero-order chi connectivity index (χ0) is 22.2. The van der Waals surface area contributed by atoms with E-state index in [1.54, 1.807) is 0 Å². The summed E-state index contributed by atoms with van der Waals surface area (Å²) >= 11 is 0. The van der Waals surface area contributed by atoms with E-state index in [4.69, 9.17) is 11.5 Å². The van der Waals surface area contributed by atoms with Crippen LogP contribution in [-0.4, -0.2) is 0 Å². The molecule has 0 saturated carbocycles. The van der Waals surface area contributed by atoms with Gasteiger partial charge in [-0.15, -0.1) is 10.2 Å². The van der Waals surface area contributed by atoms with Crippen LogP contribution >= 0.6 is 0 Å². The van der Waals surface area contributed by atoms with Crippen LogP contribution < -0.4 is 22.3 Å². The van der Waals surface area contributed by atoms with Crippen LogP contribution in [0.3, 0.4) is 0 Å². The molecule has 0 fully saturated rings. The van der Waals surface area contributed by atoms with Crippen LogP contribution in [0.15, 0.2) is 118 Å². The van der Waals surface area contributed by atoms with Crippen molar-refractivity contribution in [1.29, 1.82) is 0 Å². The third-order valence-corrected chi connectivity index (χ3v) is 4.61. The molecule has 0 radical (unpaired) electrons. The SMILES string of the molecule is Nc1cc(-c2ccc(N=NNc3ccccc3)c(N)c2)ccc1N=NNc1ccccc1. The molecule has 4 aromatic carbocycles. The van der Waals surface area contributed by atoms with Gasteiger partial charge in [-0.3, -0.25) is 10.9 Å². The van der Waals surface area contributed by atoms with Crippen LogP contribution in [0.5, 0.6) is 0 Å². The summed E-state index contributed by atoms with van der Waals surface area (Å²) in [5, 5.41) is 16.3. The molecule has 158 valence electrons. The largest absolute Gasteiger partial charge is 0.397 e. The van der Waals surface area contributed by atoms with Crippen LogP contribution in [-0.2, 0) is 0 Å². The zero-order valence-electron chi connectivity index (χ0n) is 17.2. The van der Waals surface area contributed by atoms with Gasteiger partial charge in [0.05, 0.1) is 22.7 Å². The van der Waals surface area contributed by atoms with Crippen molar-refractivity contribution in [3.63, 3.8) is 0 Å². The number of para-hydroxylation sites is 2. The molecule has 6 N–H and O–H groups in total. The van der Waals surface area contributed by atoms with Gasteiger partial charge < -0.3 is 11.5 Å². The first-order chi connectivity index (χ1) is 15.7. The maximum atomic E-state index is 6.17. The predicted molar refractivity (Wildman–Crippen MR) is 130 cm³/mol. The standard InChI is InChI=1S/C24H22N8/c25-21-15-17(11-13-23(21)29-31-27-19-7-3-1-4-8-19)18-12-14-24(22(26)16-18)30-32-28-20-9-5-2-6-10-20/h1-16H,25-26H2,(H,27,29)(H,28,30). The van der Waals surface area contributed by atoms with Crippen molar-refractivity contribution in [2.75, 3.05) is 22.3 Å². The molecule has 0 amide bonds. The number of hydrogen-bond donors (Lipinski definition) is 4. The average Bonchev–Trinajstić information content (AvgIpc) is 2.82. The molecule has 8 heteroatoms. The Kier molecular flexibility index (Phi) is 6.33. The van der Waals surface area contributed by atoms with Crippen molar-refractivity contribution in [3.05, 3.63) is 97.1 Å². The molecule has 0 unspecified atom stereocenters. The van der Waals surface area contributed by atoms with Gasteiger partial charge in [0.15, 0.2) is 0 Å². The zero-order valence-corrected chi connectivity index (χ0v) is 17.2. The van der Waals surface area contributed by atoms with E-state index >= 15 is 0 Å². The van der Waals surface area contributed by atoms with Crippen molar-refractivity contribution in [2.45, 2.75) is 0 Å². The van der Waals surface area contributed by atoms with Crippen LogP contribution in [0.4, 0.5) is 34.1 Å². The van der Waals surface area contributed by atoms with Crippen molar-refractivity contribution in [2.24, 2.45) is 20.7 Å². The van der Waals surface area contributed by atoms with Crippen molar-refractivity contribution in [1.82, 2.24) is 0 Å². The van der Waals surface area contributed by atoms with E-state index in [0.717, 1.165) is 22.5 Å². The number of anilines is 4. The summed E-state index contributed by atoms with van der Waals surface area (Å²) < 4.78 is 0. The molecule has 0 spiro atoms. The molecule has 0 heterocycles. The maximum absolute atomic E-state index is 6.17. The van der Waals surface area contributed by atoms with Crippen molar-refractivity contribution >= 4 is 34.1 Å². The van der Waals surface area contributed by atoms with Gasteiger partial charge in [0, 0.05) is 0 Å². The number of nitrogens with two attached hydrogens (primary N) is 2. The van der Waals surface area contributed by atoms with Crippen LogP contribution in [0.1, 0.15) is 0 Å². The minimum Gasteiger partial charge on any atom is -0.397 e. The Hall–Kier alpha value is -4.72. The molecular weight excluding hydrogens is 400 g/mol. The topological polar surface area (TPSA) is 126 Å². The minimum absolute atomic E-state index is 0.510. The van der Waals surface area contributed by atoms with E-state index in [1.165, 1.54) is 0 Å². The molecule has 32 heavy (non-hydrogen) atoms. The second-order valence-electron chi connectivity index (χ2n) is 6.90. The molecule has 4 rings (SSSR count). The second kappa shape index (κ2) is 9.86. The Morgan fingerprint density at radius 3 is 1.28 bits per heavy atom. The quantitative estimate of drug-likeness (QED) is 0.149. The third-order valence-electron chi connectivity index (χ3n) is 4.61. The summed E-state index contributed by atoms with van der Waals surface area (Å²) in [6, 6.07) is 30.3. The molecule has 0 aliphatic carbocycles. The Balaban J connectivity index is 1.44. The van der Waals surface area contributed by atoms with Gasteiger partial charge in [-0.2, -0.15) is 0 Å². The lowest BCUT2D eigenvalue weighted by Gasteiger charge is -2.07. The molecule has 0 atom stereocenters. The van der Waals surface area contributed by atoms with Crippen molar-refractivity contribution < 1.29 is 0 Å². The smallest absolute Gasteiger partial charge is 0.110 e. The van der Waals surface area contributed by atoms with E-state index in [1.807, 2.05) is 97.1 Å². The minimum atomic E-state index is 0.510. The van der Waals surface area contributed by atoms with E-state index in [2.05, 4.69) is 31.5 Å². The fourth-order valence-corrected chi connectivity index (χ4v) is 2.95. The summed E-state index contributed by atoms with van der Waals surface area (Å²) in [5.41, 5.74) is 23.8. The second-order valence-corrected chi connectivity index (χ2v) is 6.90. The highest BCUT2D eigenvalue weighted by Gasteiger charge is 2.06. The van der Waals surface area contributed by atoms with E-state index in [0.29, 0.717) is 22.7 Å². The Morgan fingerprint density at radius 1 is 0.500 bits per heavy atom. The fraction of sp³-hybridized carbons (Fsp3) is 0. The monoisotopic (exact) mass is 422 g/mol. The van der Waals surface area contributed by atoms with Crippen LogP contribution in [0.2, 0.25) is 0 Å². The summed E-state index contributed by atoms with van der Waals surface area (Å²) in [7, 11) is 0. The number of rotatable bonds is 7. The van der Waals surface area contributed by atoms with Crippen molar-refractivity contribution in [3.8, 4) is 11.1 Å². The first kappa shape index (κ1) is 20.5. The predicted octanol–water partition coefficient (Wildman–Crippen LogP) is 6.74. The first-order valence-corrected chi connectivity index (χ1v) is 9.92. The van der Waals surface area contributed by atoms with Gasteiger partial charge >= 0.3 is 0 Å². The lowest BCUT2D eigenvalue weighted by atomic mass is 10.0. The first-order valence-electron chi connectivity index (χ1n) is 9.92. The van der Waals surface area contributed by atoms with Gasteiger partial charge in [0.2, 0.25) is 0 Å². The summed E-state index contributed by atoms with van der Waals surface area (Å²) in [4.78, 5) is 0. The van der Waals surface area contributed by atoms with E-state index in [9.17, 15) is 0 Å². The molecule has 0 saturated heterocycles. The normalized spacial score (nSPS) is 11.1. The van der Waals surface area contributed by atoms with E-state index in [-0.39, 0.29) is 0 Å². The lowest BCUT2D eigenvalue weighted by molar-refractivity contribution is 1.13. The van der Waals surface area contributed by atoms with Crippen LogP contribution in [0, 0.1) is 0 Å².